The van der Waals surface area contributed by atoms with E-state index < -0.39 is 0 Å². The zero-order valence-corrected chi connectivity index (χ0v) is 9.56. The third-order valence-electron chi connectivity index (χ3n) is 2.48. The van der Waals surface area contributed by atoms with Crippen LogP contribution in [-0.2, 0) is 0 Å². The molecule has 2 N–H and O–H groups in total. The van der Waals surface area contributed by atoms with Crippen molar-refractivity contribution in [2.75, 3.05) is 45.2 Å². The molecule has 0 bridgehead atoms. The SMILES string of the molecule is CN.CN1CCN(c2ccccn2)CC1. The van der Waals surface area contributed by atoms with Crippen molar-refractivity contribution in [2.45, 2.75) is 0 Å². The Bertz CT molecular complexity index is 255. The van der Waals surface area contributed by atoms with Crippen molar-refractivity contribution in [3.05, 3.63) is 24.4 Å². The van der Waals surface area contributed by atoms with Gasteiger partial charge in [-0.15, -0.1) is 0 Å². The smallest absolute Gasteiger partial charge is 0.128 e. The number of aromatic nitrogens is 1. The number of hydrogen-bond acceptors (Lipinski definition) is 4. The molecule has 0 radical (unpaired) electrons. The zero-order valence-electron chi connectivity index (χ0n) is 9.56. The molecule has 0 aromatic carbocycles. The summed E-state index contributed by atoms with van der Waals surface area (Å²) in [5.74, 6) is 1.11. The van der Waals surface area contributed by atoms with E-state index in [1.165, 1.54) is 7.05 Å². The van der Waals surface area contributed by atoms with Crippen molar-refractivity contribution in [3.63, 3.8) is 0 Å². The van der Waals surface area contributed by atoms with Gasteiger partial charge in [-0.1, -0.05) is 6.07 Å². The van der Waals surface area contributed by atoms with Crippen LogP contribution in [-0.4, -0.2) is 50.2 Å². The van der Waals surface area contributed by atoms with Gasteiger partial charge in [-0.3, -0.25) is 0 Å². The van der Waals surface area contributed by atoms with E-state index in [-0.39, 0.29) is 0 Å². The quantitative estimate of drug-likeness (QED) is 0.726. The highest BCUT2D eigenvalue weighted by Gasteiger charge is 2.14. The highest BCUT2D eigenvalue weighted by Crippen LogP contribution is 2.11. The lowest BCUT2D eigenvalue weighted by Gasteiger charge is -2.33. The van der Waals surface area contributed by atoms with Crippen molar-refractivity contribution in [1.82, 2.24) is 9.88 Å². The summed E-state index contributed by atoms with van der Waals surface area (Å²) in [5.41, 5.74) is 4.50. The molecule has 0 saturated carbocycles. The Morgan fingerprint density at radius 1 is 1.13 bits per heavy atom. The zero-order chi connectivity index (χ0) is 11.1. The Kier molecular flexibility index (Phi) is 5.07. The molecule has 1 aliphatic rings. The van der Waals surface area contributed by atoms with E-state index in [0.29, 0.717) is 0 Å². The highest BCUT2D eigenvalue weighted by molar-refractivity contribution is 5.38. The molecule has 1 aliphatic heterocycles. The van der Waals surface area contributed by atoms with Crippen molar-refractivity contribution in [3.8, 4) is 0 Å². The standard InChI is InChI=1S/C10H15N3.CH5N/c1-12-6-8-13(9-7-12)10-4-2-3-5-11-10;1-2/h2-5H,6-9H2,1H3;2H2,1H3. The first kappa shape index (κ1) is 11.9. The monoisotopic (exact) mass is 208 g/mol. The Morgan fingerprint density at radius 3 is 2.33 bits per heavy atom. The number of pyridine rings is 1. The average Bonchev–Trinajstić information content (AvgIpc) is 2.34. The van der Waals surface area contributed by atoms with Gasteiger partial charge in [-0.05, 0) is 26.2 Å². The van der Waals surface area contributed by atoms with Crippen LogP contribution in [0.5, 0.6) is 0 Å². The van der Waals surface area contributed by atoms with Gasteiger partial charge < -0.3 is 15.5 Å². The summed E-state index contributed by atoms with van der Waals surface area (Å²) in [6.07, 6.45) is 1.85. The number of anilines is 1. The largest absolute Gasteiger partial charge is 0.354 e. The lowest BCUT2D eigenvalue weighted by molar-refractivity contribution is 0.312. The molecule has 2 heterocycles. The van der Waals surface area contributed by atoms with E-state index >= 15 is 0 Å². The number of likely N-dealkylation sites (N-methyl/N-ethyl adjacent to an activating group) is 1. The van der Waals surface area contributed by atoms with Gasteiger partial charge in [-0.25, -0.2) is 4.98 Å². The summed E-state index contributed by atoms with van der Waals surface area (Å²) in [5, 5.41) is 0. The highest BCUT2D eigenvalue weighted by atomic mass is 15.3. The first-order valence-electron chi connectivity index (χ1n) is 5.28. The van der Waals surface area contributed by atoms with Crippen molar-refractivity contribution < 1.29 is 0 Å². The number of hydrogen-bond donors (Lipinski definition) is 1. The van der Waals surface area contributed by atoms with Crippen LogP contribution in [0.1, 0.15) is 0 Å². The van der Waals surface area contributed by atoms with Gasteiger partial charge in [-0.2, -0.15) is 0 Å². The van der Waals surface area contributed by atoms with Crippen LogP contribution >= 0.6 is 0 Å². The van der Waals surface area contributed by atoms with Gasteiger partial charge >= 0.3 is 0 Å². The van der Waals surface area contributed by atoms with Crippen LogP contribution in [0.3, 0.4) is 0 Å². The summed E-state index contributed by atoms with van der Waals surface area (Å²) < 4.78 is 0. The van der Waals surface area contributed by atoms with Gasteiger partial charge in [0.2, 0.25) is 0 Å². The van der Waals surface area contributed by atoms with Gasteiger partial charge in [0.05, 0.1) is 0 Å². The van der Waals surface area contributed by atoms with E-state index in [0.717, 1.165) is 32.0 Å². The van der Waals surface area contributed by atoms with Gasteiger partial charge in [0, 0.05) is 32.4 Å². The maximum Gasteiger partial charge on any atom is 0.128 e. The average molecular weight is 208 g/mol. The minimum absolute atomic E-state index is 1.09. The molecule has 1 saturated heterocycles. The molecule has 0 unspecified atom stereocenters. The molecule has 1 aromatic rings. The predicted octanol–water partition coefficient (Wildman–Crippen LogP) is 0.408. The summed E-state index contributed by atoms with van der Waals surface area (Å²) >= 11 is 0. The van der Waals surface area contributed by atoms with Crippen LogP contribution in [0.4, 0.5) is 5.82 Å². The molecule has 0 amide bonds. The molecule has 84 valence electrons. The second-order valence-electron chi connectivity index (χ2n) is 3.48. The third-order valence-corrected chi connectivity index (χ3v) is 2.48. The van der Waals surface area contributed by atoms with Crippen LogP contribution in [0.25, 0.3) is 0 Å². The van der Waals surface area contributed by atoms with Gasteiger partial charge in [0.25, 0.3) is 0 Å². The predicted molar refractivity (Wildman–Crippen MR) is 64.1 cm³/mol. The molecule has 15 heavy (non-hydrogen) atoms. The fourth-order valence-electron chi connectivity index (χ4n) is 1.58. The Labute approximate surface area is 91.7 Å². The van der Waals surface area contributed by atoms with Gasteiger partial charge in [0.15, 0.2) is 0 Å². The van der Waals surface area contributed by atoms with E-state index in [2.05, 4.69) is 33.6 Å². The van der Waals surface area contributed by atoms with Crippen molar-refractivity contribution >= 4 is 5.82 Å². The lowest BCUT2D eigenvalue weighted by atomic mass is 10.3. The number of nitrogens with zero attached hydrogens (tertiary/aromatic N) is 3. The summed E-state index contributed by atoms with van der Waals surface area (Å²) in [7, 11) is 3.66. The van der Waals surface area contributed by atoms with E-state index in [4.69, 9.17) is 0 Å². The van der Waals surface area contributed by atoms with E-state index in [1.807, 2.05) is 18.3 Å². The van der Waals surface area contributed by atoms with E-state index in [9.17, 15) is 0 Å². The molecule has 0 atom stereocenters. The first-order valence-corrected chi connectivity index (χ1v) is 5.28. The third kappa shape index (κ3) is 3.49. The molecule has 4 nitrogen and oxygen atoms in total. The maximum absolute atomic E-state index is 4.50. The molecule has 1 aromatic heterocycles. The summed E-state index contributed by atoms with van der Waals surface area (Å²) in [6, 6.07) is 6.07. The molecular formula is C11H20N4. The van der Waals surface area contributed by atoms with Crippen molar-refractivity contribution in [1.29, 1.82) is 0 Å². The fraction of sp³-hybridized carbons (Fsp3) is 0.545. The normalized spacial score (nSPS) is 16.9. The second kappa shape index (κ2) is 6.37. The van der Waals surface area contributed by atoms with E-state index in [1.54, 1.807) is 0 Å². The number of nitrogens with two attached hydrogens (primary N) is 1. The molecule has 1 fully saturated rings. The first-order chi connectivity index (χ1) is 7.36. The van der Waals surface area contributed by atoms with Crippen LogP contribution in [0.15, 0.2) is 24.4 Å². The Balaban J connectivity index is 0.000000531. The molecule has 0 aliphatic carbocycles. The van der Waals surface area contributed by atoms with Crippen LogP contribution < -0.4 is 10.6 Å². The van der Waals surface area contributed by atoms with Gasteiger partial charge in [0.1, 0.15) is 5.82 Å². The molecule has 0 spiro atoms. The molecular weight excluding hydrogens is 188 g/mol. The topological polar surface area (TPSA) is 45.4 Å². The number of rotatable bonds is 1. The lowest BCUT2D eigenvalue weighted by Crippen LogP contribution is -2.44. The second-order valence-corrected chi connectivity index (χ2v) is 3.48. The van der Waals surface area contributed by atoms with Crippen molar-refractivity contribution in [2.24, 2.45) is 5.73 Å². The summed E-state index contributed by atoms with van der Waals surface area (Å²) in [4.78, 5) is 9.01. The minimum atomic E-state index is 1.09. The minimum Gasteiger partial charge on any atom is -0.354 e. The summed E-state index contributed by atoms with van der Waals surface area (Å²) in [6.45, 7) is 4.45. The number of piperazine rings is 1. The molecule has 2 rings (SSSR count). The maximum atomic E-state index is 4.50. The van der Waals surface area contributed by atoms with Crippen LogP contribution in [0, 0.1) is 0 Å². The Morgan fingerprint density at radius 2 is 1.80 bits per heavy atom. The van der Waals surface area contributed by atoms with Crippen LogP contribution in [0.2, 0.25) is 0 Å². The Hall–Kier alpha value is -1.13. The fourth-order valence-corrected chi connectivity index (χ4v) is 1.58. The molecule has 4 heteroatoms.